The van der Waals surface area contributed by atoms with Crippen molar-refractivity contribution in [2.24, 2.45) is 0 Å². The highest BCUT2D eigenvalue weighted by Crippen LogP contribution is 2.43. The highest BCUT2D eigenvalue weighted by Gasteiger charge is 2.26. The number of carbonyl (C=O) groups is 5. The molecule has 340 valence electrons. The molecule has 0 spiro atoms. The maximum absolute atomic E-state index is 14.7. The minimum absolute atomic E-state index is 0.0170. The lowest BCUT2D eigenvalue weighted by molar-refractivity contribution is -0.121. The van der Waals surface area contributed by atoms with Crippen molar-refractivity contribution >= 4 is 62.9 Å². The lowest BCUT2D eigenvalue weighted by atomic mass is 9.89. The van der Waals surface area contributed by atoms with E-state index in [0.29, 0.717) is 67.8 Å². The summed E-state index contributed by atoms with van der Waals surface area (Å²) in [5.74, 6) is -5.29. The number of Topliss-reactive ketones (excluding diaryl/α,β-unsaturated/α-hetero) is 1. The first-order chi connectivity index (χ1) is 31.6. The molecule has 0 fully saturated rings. The van der Waals surface area contributed by atoms with Crippen LogP contribution >= 0.6 is 11.6 Å². The van der Waals surface area contributed by atoms with Crippen molar-refractivity contribution in [2.75, 3.05) is 13.1 Å². The smallest absolute Gasteiger partial charge is 0.336 e. The van der Waals surface area contributed by atoms with E-state index in [-0.39, 0.29) is 75.1 Å². The van der Waals surface area contributed by atoms with Gasteiger partial charge in [-0.05, 0) is 117 Å². The highest BCUT2D eigenvalue weighted by molar-refractivity contribution is 6.30. The van der Waals surface area contributed by atoms with E-state index in [0.717, 1.165) is 52.7 Å². The van der Waals surface area contributed by atoms with Gasteiger partial charge in [-0.1, -0.05) is 36.1 Å². The molecule has 1 aliphatic heterocycles. The molecule has 66 heavy (non-hydrogen) atoms. The Labute approximate surface area is 382 Å². The molecule has 2 aliphatic rings. The fourth-order valence-electron chi connectivity index (χ4n) is 8.20. The summed E-state index contributed by atoms with van der Waals surface area (Å²) in [6.45, 7) is 4.52. The molecule has 5 aromatic rings. The van der Waals surface area contributed by atoms with Crippen molar-refractivity contribution in [1.29, 1.82) is 0 Å². The zero-order valence-corrected chi connectivity index (χ0v) is 37.0. The molecule has 0 saturated carbocycles. The van der Waals surface area contributed by atoms with Crippen molar-refractivity contribution in [3.63, 3.8) is 0 Å². The van der Waals surface area contributed by atoms with Crippen LogP contribution in [0.5, 0.6) is 5.75 Å². The molecule has 2 heterocycles. The quantitative estimate of drug-likeness (QED) is 0.0480. The third kappa shape index (κ3) is 10.3. The molecule has 4 aromatic carbocycles. The van der Waals surface area contributed by atoms with Crippen molar-refractivity contribution in [1.82, 2.24) is 15.2 Å². The summed E-state index contributed by atoms with van der Waals surface area (Å²) in [5.41, 5.74) is 2.24. The van der Waals surface area contributed by atoms with Crippen molar-refractivity contribution < 1.29 is 47.4 Å². The van der Waals surface area contributed by atoms with E-state index in [1.165, 1.54) is 18.2 Å². The van der Waals surface area contributed by atoms with Gasteiger partial charge in [0.25, 0.3) is 11.8 Å². The number of fused-ring (bicyclic) bond motifs is 3. The van der Waals surface area contributed by atoms with Crippen LogP contribution in [0.2, 0.25) is 5.02 Å². The molecule has 1 aliphatic carbocycles. The standard InChI is InChI=1S/C51H46ClF2N3O9/c1-28-11-18-42-36(21-28)35(29(2)57(42)50(63)30-12-15-32(52)16-13-30)25-47(61)55-19-7-3-5-9-33(58)10-6-4-8-20-56-49(62)31-14-17-34(51(64)65)37(22-31)48-38-23-40(53)43(59)26-45(38)66-46-27-44(60)41(54)24-39(46)48/h11-18,21-24,26-27,59H,3-10,19-20,25H2,1-2H3,(H,55,61)(H,56,62)(H,64,65). The van der Waals surface area contributed by atoms with Crippen LogP contribution in [0, 0.1) is 25.5 Å². The average molecular weight is 918 g/mol. The Morgan fingerprint density at radius 2 is 1.41 bits per heavy atom. The molecule has 0 atom stereocenters. The second-order valence-electron chi connectivity index (χ2n) is 16.3. The average Bonchev–Trinajstić information content (AvgIpc) is 3.54. The number of carbonyl (C=O) groups excluding carboxylic acids is 4. The minimum atomic E-state index is -1.39. The normalized spacial score (nSPS) is 11.3. The molecule has 12 nitrogen and oxygen atoms in total. The molecule has 0 bridgehead atoms. The fourth-order valence-corrected chi connectivity index (χ4v) is 8.33. The largest absolute Gasteiger partial charge is 0.505 e. The van der Waals surface area contributed by atoms with Crippen LogP contribution in [0.4, 0.5) is 8.78 Å². The number of carboxylic acid groups (broad SMARTS) is 1. The topological polar surface area (TPSA) is 185 Å². The molecule has 4 N–H and O–H groups in total. The number of nitrogens with one attached hydrogen (secondary N) is 2. The van der Waals surface area contributed by atoms with Gasteiger partial charge in [0.05, 0.1) is 17.5 Å². The van der Waals surface area contributed by atoms with Crippen LogP contribution in [0.3, 0.4) is 0 Å². The number of phenolic OH excluding ortho intramolecular Hbond substituents is 1. The van der Waals surface area contributed by atoms with E-state index >= 15 is 0 Å². The summed E-state index contributed by atoms with van der Waals surface area (Å²) >= 11 is 6.04. The summed E-state index contributed by atoms with van der Waals surface area (Å²) < 4.78 is 36.6. The van der Waals surface area contributed by atoms with Crippen LogP contribution in [-0.4, -0.2) is 57.3 Å². The summed E-state index contributed by atoms with van der Waals surface area (Å²) in [4.78, 5) is 77.0. The van der Waals surface area contributed by atoms with Gasteiger partial charge in [-0.25, -0.2) is 13.6 Å². The van der Waals surface area contributed by atoms with Crippen LogP contribution in [0.15, 0.2) is 94.1 Å². The lowest BCUT2D eigenvalue weighted by Gasteiger charge is -2.18. The van der Waals surface area contributed by atoms with E-state index in [2.05, 4.69) is 10.6 Å². The number of hydrogen-bond acceptors (Lipinski definition) is 8. The number of halogens is 3. The Morgan fingerprint density at radius 3 is 2.11 bits per heavy atom. The maximum Gasteiger partial charge on any atom is 0.336 e. The second kappa shape index (κ2) is 20.3. The number of nitrogens with zero attached hydrogens (tertiary/aromatic N) is 1. The summed E-state index contributed by atoms with van der Waals surface area (Å²) in [6.07, 6.45) is 4.89. The van der Waals surface area contributed by atoms with Gasteiger partial charge < -0.3 is 25.3 Å². The molecular weight excluding hydrogens is 872 g/mol. The van der Waals surface area contributed by atoms with Gasteiger partial charge in [0.2, 0.25) is 11.3 Å². The zero-order chi connectivity index (χ0) is 47.2. The third-order valence-corrected chi connectivity index (χ3v) is 11.9. The molecule has 1 aromatic heterocycles. The first-order valence-corrected chi connectivity index (χ1v) is 21.9. The van der Waals surface area contributed by atoms with E-state index in [1.54, 1.807) is 28.8 Å². The van der Waals surface area contributed by atoms with Gasteiger partial charge in [-0.2, -0.15) is 0 Å². The Hall–Kier alpha value is -7.19. The second-order valence-corrected chi connectivity index (χ2v) is 16.7. The third-order valence-electron chi connectivity index (χ3n) is 11.6. The van der Waals surface area contributed by atoms with Gasteiger partial charge >= 0.3 is 5.97 Å². The number of unbranched alkanes of at least 4 members (excludes halogenated alkanes) is 4. The monoisotopic (exact) mass is 917 g/mol. The van der Waals surface area contributed by atoms with Gasteiger partial charge in [-0.3, -0.25) is 28.5 Å². The number of aryl methyl sites for hydroxylation is 1. The number of carboxylic acids is 1. The van der Waals surface area contributed by atoms with Crippen LogP contribution in [0.1, 0.15) is 99.3 Å². The summed E-state index contributed by atoms with van der Waals surface area (Å²) in [6, 6.07) is 19.9. The van der Waals surface area contributed by atoms with Crippen LogP contribution in [-0.2, 0) is 16.0 Å². The predicted octanol–water partition coefficient (Wildman–Crippen LogP) is 9.94. The summed E-state index contributed by atoms with van der Waals surface area (Å²) in [7, 11) is 0. The highest BCUT2D eigenvalue weighted by atomic mass is 35.5. The minimum Gasteiger partial charge on any atom is -0.505 e. The SMILES string of the molecule is Cc1ccc2c(c1)c(CC(=O)NCCCCCC(=O)CCCCCNC(=O)c1ccc(C(=O)O)c(-c3c4cc(F)c(=O)cc-4oc4cc(O)c(F)cc34)c1)c(C)n2C(=O)c1ccc(Cl)cc1. The van der Waals surface area contributed by atoms with Gasteiger partial charge in [0.15, 0.2) is 17.4 Å². The Kier molecular flexibility index (Phi) is 14.4. The number of aromatic hydroxyl groups is 1. The van der Waals surface area contributed by atoms with Crippen molar-refractivity contribution in [3.8, 4) is 28.2 Å². The summed E-state index contributed by atoms with van der Waals surface area (Å²) in [5, 5.41) is 27.2. The number of benzene rings is 5. The number of rotatable bonds is 18. The molecule has 2 amide bonds. The van der Waals surface area contributed by atoms with Gasteiger partial charge in [-0.15, -0.1) is 0 Å². The zero-order valence-electron chi connectivity index (χ0n) is 36.2. The maximum atomic E-state index is 14.7. The molecule has 0 saturated heterocycles. The molecular formula is C51H46ClF2N3O9. The molecule has 0 unspecified atom stereocenters. The Morgan fingerprint density at radius 1 is 0.727 bits per heavy atom. The number of amides is 2. The van der Waals surface area contributed by atoms with Gasteiger partial charge in [0, 0.05) is 81.8 Å². The molecule has 0 radical (unpaired) electrons. The number of aromatic nitrogens is 1. The van der Waals surface area contributed by atoms with E-state index in [1.807, 2.05) is 32.0 Å². The lowest BCUT2D eigenvalue weighted by Crippen LogP contribution is -2.26. The Balaban J connectivity index is 0.852. The fraction of sp³-hybridized carbons (Fsp3) is 0.255. The number of ketones is 1. The molecule has 7 rings (SSSR count). The van der Waals surface area contributed by atoms with Crippen molar-refractivity contribution in [2.45, 2.75) is 71.6 Å². The number of aromatic carboxylic acids is 1. The Bertz CT molecular complexity index is 3070. The first kappa shape index (κ1) is 46.8. The van der Waals surface area contributed by atoms with Crippen molar-refractivity contribution in [3.05, 3.63) is 145 Å². The predicted molar refractivity (Wildman–Crippen MR) is 247 cm³/mol. The number of hydrogen-bond donors (Lipinski definition) is 4. The molecule has 15 heteroatoms. The number of phenols is 1. The van der Waals surface area contributed by atoms with E-state index in [4.69, 9.17) is 16.0 Å². The first-order valence-electron chi connectivity index (χ1n) is 21.5. The van der Waals surface area contributed by atoms with E-state index in [9.17, 15) is 47.8 Å². The van der Waals surface area contributed by atoms with Crippen LogP contribution in [0.25, 0.3) is 44.3 Å². The van der Waals surface area contributed by atoms with E-state index < -0.39 is 34.7 Å². The van der Waals surface area contributed by atoms with Gasteiger partial charge in [0.1, 0.15) is 17.1 Å². The van der Waals surface area contributed by atoms with Crippen LogP contribution < -0.4 is 16.1 Å².